The lowest BCUT2D eigenvalue weighted by Crippen LogP contribution is -2.39. The molecule has 1 amide bonds. The minimum atomic E-state index is -3.21. The lowest BCUT2D eigenvalue weighted by Gasteiger charge is -2.27. The Kier molecular flexibility index (Phi) is 3.45. The Morgan fingerprint density at radius 3 is 2.56 bits per heavy atom. The zero-order chi connectivity index (χ0) is 13.3. The minimum absolute atomic E-state index is 0.0994. The van der Waals surface area contributed by atoms with Crippen LogP contribution in [0.1, 0.15) is 6.92 Å². The predicted octanol–water partition coefficient (Wildman–Crippen LogP) is 2.00. The number of nitrogens with zero attached hydrogens (tertiary/aromatic N) is 1. The molecule has 2 rings (SSSR count). The molecule has 0 unspecified atom stereocenters. The highest BCUT2D eigenvalue weighted by atomic mass is 35.5. The molecule has 0 radical (unpaired) electrons. The van der Waals surface area contributed by atoms with Crippen molar-refractivity contribution in [3.8, 4) is 0 Å². The summed E-state index contributed by atoms with van der Waals surface area (Å²) in [5.74, 6) is -0.340. The molecular formula is C12H12ClNO3S. The summed E-state index contributed by atoms with van der Waals surface area (Å²) in [6.07, 6.45) is 1.51. The molecule has 1 aromatic rings. The van der Waals surface area contributed by atoms with Crippen LogP contribution in [0.4, 0.5) is 5.69 Å². The molecule has 0 fully saturated rings. The number of carbonyl (C=O) groups excluding carboxylic acids is 1. The van der Waals surface area contributed by atoms with Crippen LogP contribution in [0.25, 0.3) is 0 Å². The number of amides is 1. The van der Waals surface area contributed by atoms with Gasteiger partial charge in [0.1, 0.15) is 0 Å². The number of hydrogen-bond donors (Lipinski definition) is 0. The third-order valence-corrected chi connectivity index (χ3v) is 4.39. The van der Waals surface area contributed by atoms with Gasteiger partial charge in [-0.3, -0.25) is 4.79 Å². The Hall–Kier alpha value is -1.33. The summed E-state index contributed by atoms with van der Waals surface area (Å²) < 4.78 is 22.9. The van der Waals surface area contributed by atoms with Crippen molar-refractivity contribution in [3.63, 3.8) is 0 Å². The molecule has 1 atom stereocenters. The zero-order valence-corrected chi connectivity index (χ0v) is 11.3. The average Bonchev–Trinajstić information content (AvgIpc) is 2.61. The van der Waals surface area contributed by atoms with Gasteiger partial charge < -0.3 is 4.90 Å². The van der Waals surface area contributed by atoms with Crippen LogP contribution in [-0.2, 0) is 14.6 Å². The highest BCUT2D eigenvalue weighted by Crippen LogP contribution is 2.29. The SMILES string of the molecule is CC(=O)N(c1ccccc1Cl)[C@H]1C=CS(=O)(=O)C1. The first kappa shape index (κ1) is 13.1. The summed E-state index contributed by atoms with van der Waals surface area (Å²) in [4.78, 5) is 13.1. The molecule has 0 bridgehead atoms. The molecule has 4 nitrogen and oxygen atoms in total. The van der Waals surface area contributed by atoms with E-state index in [2.05, 4.69) is 0 Å². The first-order chi connectivity index (χ1) is 8.41. The van der Waals surface area contributed by atoms with Gasteiger partial charge in [-0.25, -0.2) is 8.42 Å². The summed E-state index contributed by atoms with van der Waals surface area (Å²) in [5.41, 5.74) is 0.526. The number of carbonyl (C=O) groups is 1. The van der Waals surface area contributed by atoms with Crippen LogP contribution in [0.5, 0.6) is 0 Å². The Morgan fingerprint density at radius 2 is 2.06 bits per heavy atom. The summed E-state index contributed by atoms with van der Waals surface area (Å²) in [6.45, 7) is 1.39. The monoisotopic (exact) mass is 285 g/mol. The van der Waals surface area contributed by atoms with Gasteiger partial charge in [-0.15, -0.1) is 0 Å². The molecule has 0 aromatic heterocycles. The van der Waals surface area contributed by atoms with Crippen molar-refractivity contribution in [3.05, 3.63) is 40.8 Å². The van der Waals surface area contributed by atoms with Crippen molar-refractivity contribution in [2.75, 3.05) is 10.7 Å². The van der Waals surface area contributed by atoms with Crippen LogP contribution in [-0.4, -0.2) is 26.1 Å². The zero-order valence-electron chi connectivity index (χ0n) is 9.71. The molecule has 96 valence electrons. The fourth-order valence-corrected chi connectivity index (χ4v) is 3.44. The van der Waals surface area contributed by atoms with Gasteiger partial charge in [0.15, 0.2) is 9.84 Å². The molecule has 1 aliphatic rings. The van der Waals surface area contributed by atoms with Crippen LogP contribution in [0, 0.1) is 0 Å². The number of rotatable bonds is 2. The summed E-state index contributed by atoms with van der Waals surface area (Å²) in [5, 5.41) is 1.56. The normalized spacial score (nSPS) is 20.9. The highest BCUT2D eigenvalue weighted by Gasteiger charge is 2.30. The molecule has 0 spiro atoms. The third-order valence-electron chi connectivity index (χ3n) is 2.69. The van der Waals surface area contributed by atoms with Crippen molar-refractivity contribution in [2.45, 2.75) is 13.0 Å². The van der Waals surface area contributed by atoms with Gasteiger partial charge in [-0.2, -0.15) is 0 Å². The summed E-state index contributed by atoms with van der Waals surface area (Å²) in [7, 11) is -3.21. The Labute approximate surface area is 111 Å². The van der Waals surface area contributed by atoms with Gasteiger partial charge in [0.25, 0.3) is 0 Å². The van der Waals surface area contributed by atoms with Crippen LogP contribution >= 0.6 is 11.6 Å². The van der Waals surface area contributed by atoms with Crippen molar-refractivity contribution < 1.29 is 13.2 Å². The second-order valence-electron chi connectivity index (χ2n) is 4.07. The van der Waals surface area contributed by atoms with E-state index in [9.17, 15) is 13.2 Å². The van der Waals surface area contributed by atoms with Crippen LogP contribution in [0.15, 0.2) is 35.7 Å². The quantitative estimate of drug-likeness (QED) is 0.835. The van der Waals surface area contributed by atoms with Gasteiger partial charge in [-0.05, 0) is 18.2 Å². The number of halogens is 1. The van der Waals surface area contributed by atoms with Crippen LogP contribution < -0.4 is 4.90 Å². The summed E-state index contributed by atoms with van der Waals surface area (Å²) in [6, 6.07) is 6.38. The molecule has 0 saturated carbocycles. The Bertz CT molecular complexity index is 610. The van der Waals surface area contributed by atoms with E-state index in [0.29, 0.717) is 10.7 Å². The topological polar surface area (TPSA) is 54.5 Å². The molecular weight excluding hydrogens is 274 g/mol. The van der Waals surface area contributed by atoms with Crippen molar-refractivity contribution in [1.29, 1.82) is 0 Å². The number of benzene rings is 1. The average molecular weight is 286 g/mol. The second kappa shape index (κ2) is 4.74. The van der Waals surface area contributed by atoms with E-state index in [-0.39, 0.29) is 11.7 Å². The smallest absolute Gasteiger partial charge is 0.224 e. The first-order valence-electron chi connectivity index (χ1n) is 5.36. The molecule has 0 aliphatic carbocycles. The van der Waals surface area contributed by atoms with Crippen molar-refractivity contribution >= 4 is 33.0 Å². The van der Waals surface area contributed by atoms with E-state index in [1.807, 2.05) is 0 Å². The summed E-state index contributed by atoms with van der Waals surface area (Å²) >= 11 is 6.05. The van der Waals surface area contributed by atoms with Gasteiger partial charge in [0.05, 0.1) is 22.5 Å². The Morgan fingerprint density at radius 1 is 1.39 bits per heavy atom. The minimum Gasteiger partial charge on any atom is -0.303 e. The van der Waals surface area contributed by atoms with Crippen molar-refractivity contribution in [1.82, 2.24) is 0 Å². The lowest BCUT2D eigenvalue weighted by atomic mass is 10.2. The van der Waals surface area contributed by atoms with Crippen LogP contribution in [0.2, 0.25) is 5.02 Å². The maximum Gasteiger partial charge on any atom is 0.224 e. The van der Waals surface area contributed by atoms with Crippen LogP contribution in [0.3, 0.4) is 0 Å². The van der Waals surface area contributed by atoms with Crippen molar-refractivity contribution in [2.24, 2.45) is 0 Å². The Balaban J connectivity index is 2.40. The van der Waals surface area contributed by atoms with E-state index in [1.54, 1.807) is 24.3 Å². The fourth-order valence-electron chi connectivity index (χ4n) is 1.95. The maximum atomic E-state index is 11.7. The number of sulfone groups is 1. The molecule has 1 heterocycles. The first-order valence-corrected chi connectivity index (χ1v) is 7.45. The second-order valence-corrected chi connectivity index (χ2v) is 6.40. The molecule has 6 heteroatoms. The van der Waals surface area contributed by atoms with E-state index in [0.717, 1.165) is 5.41 Å². The number of hydrogen-bond acceptors (Lipinski definition) is 3. The third kappa shape index (κ3) is 2.57. The van der Waals surface area contributed by atoms with Gasteiger partial charge >= 0.3 is 0 Å². The highest BCUT2D eigenvalue weighted by molar-refractivity contribution is 7.94. The van der Waals surface area contributed by atoms with Gasteiger partial charge in [0, 0.05) is 12.3 Å². The van der Waals surface area contributed by atoms with E-state index in [1.165, 1.54) is 17.9 Å². The fraction of sp³-hybridized carbons (Fsp3) is 0.250. The van der Waals surface area contributed by atoms with Gasteiger partial charge in [0.2, 0.25) is 5.91 Å². The molecule has 1 aliphatic heterocycles. The maximum absolute atomic E-state index is 11.7. The lowest BCUT2D eigenvalue weighted by molar-refractivity contribution is -0.116. The molecule has 0 saturated heterocycles. The van der Waals surface area contributed by atoms with E-state index >= 15 is 0 Å². The molecule has 18 heavy (non-hydrogen) atoms. The van der Waals surface area contributed by atoms with E-state index < -0.39 is 15.9 Å². The van der Waals surface area contributed by atoms with Gasteiger partial charge in [-0.1, -0.05) is 23.7 Å². The predicted molar refractivity (Wildman–Crippen MR) is 71.3 cm³/mol. The number of anilines is 1. The van der Waals surface area contributed by atoms with E-state index in [4.69, 9.17) is 11.6 Å². The number of para-hydroxylation sites is 1. The molecule has 1 aromatic carbocycles. The standard InChI is InChI=1S/C12H12ClNO3S/c1-9(15)14(10-6-7-18(16,17)8-10)12-5-3-2-4-11(12)13/h2-7,10H,8H2,1H3/t10-/m0/s1. The molecule has 0 N–H and O–H groups in total. The largest absolute Gasteiger partial charge is 0.303 e.